The maximum atomic E-state index is 12.0. The van der Waals surface area contributed by atoms with Crippen molar-refractivity contribution in [3.8, 4) is 0 Å². The van der Waals surface area contributed by atoms with Crippen LogP contribution in [0.1, 0.15) is 46.5 Å². The summed E-state index contributed by atoms with van der Waals surface area (Å²) in [7, 11) is 0. The molecule has 21 heavy (non-hydrogen) atoms. The van der Waals surface area contributed by atoms with Crippen LogP contribution in [0.15, 0.2) is 0 Å². The number of β-amino-alcohol motifs (C(OH)–C–C–N with tert-alkyl or cyclic N) is 1. The van der Waals surface area contributed by atoms with Crippen LogP contribution < -0.4 is 0 Å². The number of aliphatic hydroxyl groups excluding tert-OH is 1. The van der Waals surface area contributed by atoms with Crippen molar-refractivity contribution in [1.29, 1.82) is 0 Å². The van der Waals surface area contributed by atoms with Gasteiger partial charge in [-0.15, -0.1) is 0 Å². The van der Waals surface area contributed by atoms with Crippen molar-refractivity contribution in [2.24, 2.45) is 5.92 Å². The molecule has 1 atom stereocenters. The van der Waals surface area contributed by atoms with Gasteiger partial charge in [-0.2, -0.15) is 0 Å². The Labute approximate surface area is 128 Å². The van der Waals surface area contributed by atoms with Crippen LogP contribution in [0.5, 0.6) is 0 Å². The maximum absolute atomic E-state index is 12.0. The molecule has 0 aliphatic carbocycles. The molecule has 0 aromatic rings. The van der Waals surface area contributed by atoms with Crippen LogP contribution >= 0.6 is 0 Å². The fourth-order valence-electron chi connectivity index (χ4n) is 3.19. The number of hydrogen-bond acceptors (Lipinski definition) is 4. The number of hydrogen-bond donors (Lipinski definition) is 1. The van der Waals surface area contributed by atoms with Gasteiger partial charge in [-0.25, -0.2) is 4.79 Å². The Bertz CT molecular complexity index is 346. The summed E-state index contributed by atoms with van der Waals surface area (Å²) in [5.41, 5.74) is -0.419. The first-order valence-electron chi connectivity index (χ1n) is 8.22. The molecule has 2 rings (SSSR count). The molecule has 2 aliphatic heterocycles. The summed E-state index contributed by atoms with van der Waals surface area (Å²) in [6.45, 7) is 10.2. The lowest BCUT2D eigenvalue weighted by molar-refractivity contribution is 0.0144. The molecule has 5 heteroatoms. The van der Waals surface area contributed by atoms with E-state index in [1.54, 1.807) is 0 Å². The molecule has 0 unspecified atom stereocenters. The summed E-state index contributed by atoms with van der Waals surface area (Å²) in [6.07, 6.45) is 3.76. The minimum absolute atomic E-state index is 0.152. The molecule has 0 aromatic carbocycles. The Kier molecular flexibility index (Phi) is 5.49. The Balaban J connectivity index is 1.71. The lowest BCUT2D eigenvalue weighted by atomic mass is 9.95. The molecule has 1 amide bonds. The summed E-state index contributed by atoms with van der Waals surface area (Å²) in [5, 5.41) is 9.72. The third-order valence-corrected chi connectivity index (χ3v) is 4.26. The first-order valence-corrected chi connectivity index (χ1v) is 8.22. The maximum Gasteiger partial charge on any atom is 0.410 e. The van der Waals surface area contributed by atoms with Crippen molar-refractivity contribution in [1.82, 2.24) is 9.80 Å². The molecule has 0 bridgehead atoms. The molecule has 0 radical (unpaired) electrons. The van der Waals surface area contributed by atoms with Crippen molar-refractivity contribution in [2.45, 2.75) is 58.2 Å². The van der Waals surface area contributed by atoms with E-state index in [-0.39, 0.29) is 12.2 Å². The second kappa shape index (κ2) is 6.97. The summed E-state index contributed by atoms with van der Waals surface area (Å²) in [5.74, 6) is 0.633. The Morgan fingerprint density at radius 2 is 1.86 bits per heavy atom. The number of rotatable bonds is 2. The largest absolute Gasteiger partial charge is 0.444 e. The molecule has 2 heterocycles. The highest BCUT2D eigenvalue weighted by Crippen LogP contribution is 2.22. The lowest BCUT2D eigenvalue weighted by Crippen LogP contribution is -2.45. The van der Waals surface area contributed by atoms with Crippen LogP contribution in [0.2, 0.25) is 0 Å². The van der Waals surface area contributed by atoms with Crippen molar-refractivity contribution in [3.63, 3.8) is 0 Å². The van der Waals surface area contributed by atoms with E-state index in [1.807, 2.05) is 25.7 Å². The number of likely N-dealkylation sites (tertiary alicyclic amines) is 2. The predicted molar refractivity (Wildman–Crippen MR) is 82.2 cm³/mol. The zero-order chi connectivity index (χ0) is 15.5. The minimum Gasteiger partial charge on any atom is -0.444 e. The van der Waals surface area contributed by atoms with E-state index in [2.05, 4.69) is 4.90 Å². The van der Waals surface area contributed by atoms with Gasteiger partial charge >= 0.3 is 6.09 Å². The van der Waals surface area contributed by atoms with Crippen molar-refractivity contribution >= 4 is 6.09 Å². The second-order valence-corrected chi connectivity index (χ2v) is 7.47. The van der Waals surface area contributed by atoms with Gasteiger partial charge in [0.1, 0.15) is 5.60 Å². The highest BCUT2D eigenvalue weighted by molar-refractivity contribution is 5.68. The molecule has 0 aromatic heterocycles. The summed E-state index contributed by atoms with van der Waals surface area (Å²) < 4.78 is 5.42. The second-order valence-electron chi connectivity index (χ2n) is 7.47. The van der Waals surface area contributed by atoms with Gasteiger partial charge in [-0.05, 0) is 58.9 Å². The van der Waals surface area contributed by atoms with E-state index in [4.69, 9.17) is 4.74 Å². The summed E-state index contributed by atoms with van der Waals surface area (Å²) in [4.78, 5) is 16.2. The first kappa shape index (κ1) is 16.6. The first-order chi connectivity index (χ1) is 9.83. The quantitative estimate of drug-likeness (QED) is 0.848. The van der Waals surface area contributed by atoms with Gasteiger partial charge in [0.15, 0.2) is 0 Å². The number of piperidine rings is 2. The smallest absolute Gasteiger partial charge is 0.410 e. The third-order valence-electron chi connectivity index (χ3n) is 4.26. The van der Waals surface area contributed by atoms with Gasteiger partial charge in [-0.1, -0.05) is 0 Å². The molecule has 2 saturated heterocycles. The Morgan fingerprint density at radius 3 is 2.43 bits per heavy atom. The molecule has 2 aliphatic rings. The van der Waals surface area contributed by atoms with Gasteiger partial charge < -0.3 is 19.6 Å². The average molecular weight is 298 g/mol. The number of nitrogens with zero attached hydrogens (tertiary/aromatic N) is 2. The van der Waals surface area contributed by atoms with Crippen LogP contribution in [0.3, 0.4) is 0 Å². The van der Waals surface area contributed by atoms with Crippen LogP contribution in [0.25, 0.3) is 0 Å². The zero-order valence-corrected chi connectivity index (χ0v) is 13.7. The third kappa shape index (κ3) is 5.47. The Morgan fingerprint density at radius 1 is 1.19 bits per heavy atom. The highest BCUT2D eigenvalue weighted by atomic mass is 16.6. The average Bonchev–Trinajstić information content (AvgIpc) is 2.37. The van der Waals surface area contributed by atoms with E-state index in [1.165, 1.54) is 0 Å². The van der Waals surface area contributed by atoms with E-state index < -0.39 is 5.60 Å². The predicted octanol–water partition coefficient (Wildman–Crippen LogP) is 2.09. The van der Waals surface area contributed by atoms with Crippen molar-refractivity contribution in [3.05, 3.63) is 0 Å². The number of carbonyl (C=O) groups excluding carboxylic acids is 1. The highest BCUT2D eigenvalue weighted by Gasteiger charge is 2.28. The van der Waals surface area contributed by atoms with Gasteiger partial charge in [0.2, 0.25) is 0 Å². The van der Waals surface area contributed by atoms with Crippen molar-refractivity contribution in [2.75, 3.05) is 32.7 Å². The van der Waals surface area contributed by atoms with Gasteiger partial charge in [-0.3, -0.25) is 0 Å². The summed E-state index contributed by atoms with van der Waals surface area (Å²) in [6, 6.07) is 0. The lowest BCUT2D eigenvalue weighted by Gasteiger charge is -2.37. The number of aliphatic hydroxyl groups is 1. The normalized spacial score (nSPS) is 25.9. The number of carbonyl (C=O) groups is 1. The molecule has 0 saturated carbocycles. The van der Waals surface area contributed by atoms with E-state index in [0.29, 0.717) is 5.92 Å². The van der Waals surface area contributed by atoms with Crippen LogP contribution in [0, 0.1) is 5.92 Å². The summed E-state index contributed by atoms with van der Waals surface area (Å²) >= 11 is 0. The Hall–Kier alpha value is -0.810. The molecule has 1 N–H and O–H groups in total. The standard InChI is InChI=1S/C16H30N2O3/c1-16(2,3)21-15(20)18-9-6-13(7-10-18)11-17-8-4-5-14(19)12-17/h13-14,19H,4-12H2,1-3H3/t14-/m1/s1. The molecular formula is C16H30N2O3. The molecule has 122 valence electrons. The molecule has 0 spiro atoms. The SMILES string of the molecule is CC(C)(C)OC(=O)N1CCC(CN2CCC[C@@H](O)C2)CC1. The fraction of sp³-hybridized carbons (Fsp3) is 0.938. The van der Waals surface area contributed by atoms with Crippen molar-refractivity contribution < 1.29 is 14.6 Å². The number of ether oxygens (including phenoxy) is 1. The molecular weight excluding hydrogens is 268 g/mol. The van der Waals surface area contributed by atoms with Crippen LogP contribution in [0.4, 0.5) is 4.79 Å². The zero-order valence-electron chi connectivity index (χ0n) is 13.7. The molecule has 2 fully saturated rings. The van der Waals surface area contributed by atoms with E-state index in [0.717, 1.165) is 58.4 Å². The van der Waals surface area contributed by atoms with E-state index in [9.17, 15) is 9.90 Å². The topological polar surface area (TPSA) is 53.0 Å². The van der Waals surface area contributed by atoms with Gasteiger partial charge in [0.05, 0.1) is 6.10 Å². The van der Waals surface area contributed by atoms with Crippen LogP contribution in [-0.2, 0) is 4.74 Å². The van der Waals surface area contributed by atoms with E-state index >= 15 is 0 Å². The monoisotopic (exact) mass is 298 g/mol. The fourth-order valence-corrected chi connectivity index (χ4v) is 3.19. The minimum atomic E-state index is -0.419. The van der Waals surface area contributed by atoms with Gasteiger partial charge in [0, 0.05) is 26.2 Å². The number of amides is 1. The molecule has 5 nitrogen and oxygen atoms in total. The van der Waals surface area contributed by atoms with Gasteiger partial charge in [0.25, 0.3) is 0 Å². The van der Waals surface area contributed by atoms with Crippen LogP contribution in [-0.4, -0.2) is 65.4 Å².